The smallest absolute Gasteiger partial charge is 0.197 e. The zero-order chi connectivity index (χ0) is 17.0. The van der Waals surface area contributed by atoms with Gasteiger partial charge in [-0.2, -0.15) is 5.26 Å². The van der Waals surface area contributed by atoms with Gasteiger partial charge in [-0.1, -0.05) is 23.7 Å². The van der Waals surface area contributed by atoms with Crippen molar-refractivity contribution < 1.29 is 4.79 Å². The molecular formula is C17H15ClN2OS2. The maximum Gasteiger partial charge on any atom is 0.197 e. The standard InChI is InChI=1S/C17H15ClN2OS2/c1-20(2)9-8-14(21)16-15(11-4-6-12(18)7-5-11)13(10-19)17(22-3)23-16/h4-9H,1-3H3. The molecule has 3 nitrogen and oxygen atoms in total. The van der Waals surface area contributed by atoms with Gasteiger partial charge in [-0.3, -0.25) is 4.79 Å². The van der Waals surface area contributed by atoms with E-state index in [1.54, 1.807) is 23.2 Å². The summed E-state index contributed by atoms with van der Waals surface area (Å²) < 4.78 is 0.846. The molecule has 0 aliphatic rings. The van der Waals surface area contributed by atoms with Crippen LogP contribution >= 0.6 is 34.7 Å². The van der Waals surface area contributed by atoms with E-state index in [-0.39, 0.29) is 5.78 Å². The number of benzene rings is 1. The first-order valence-electron chi connectivity index (χ1n) is 6.73. The van der Waals surface area contributed by atoms with Crippen LogP contribution in [0.5, 0.6) is 0 Å². The lowest BCUT2D eigenvalue weighted by Gasteiger charge is -2.05. The van der Waals surface area contributed by atoms with Crippen LogP contribution in [0.4, 0.5) is 0 Å². The first-order chi connectivity index (χ1) is 11.0. The fraction of sp³-hybridized carbons (Fsp3) is 0.176. The summed E-state index contributed by atoms with van der Waals surface area (Å²) in [6, 6.07) is 9.43. The van der Waals surface area contributed by atoms with Crippen LogP contribution in [0, 0.1) is 11.3 Å². The number of nitrogens with zero attached hydrogens (tertiary/aromatic N) is 2. The van der Waals surface area contributed by atoms with Crippen LogP contribution in [-0.2, 0) is 0 Å². The highest BCUT2D eigenvalue weighted by Gasteiger charge is 2.22. The van der Waals surface area contributed by atoms with Crippen molar-refractivity contribution in [3.05, 3.63) is 52.0 Å². The molecule has 6 heteroatoms. The molecule has 0 spiro atoms. The molecule has 0 N–H and O–H groups in total. The second kappa shape index (κ2) is 7.69. The van der Waals surface area contributed by atoms with Crippen molar-refractivity contribution in [3.8, 4) is 17.2 Å². The second-order valence-electron chi connectivity index (χ2n) is 4.94. The van der Waals surface area contributed by atoms with Crippen LogP contribution in [0.2, 0.25) is 5.02 Å². The van der Waals surface area contributed by atoms with Crippen LogP contribution in [0.3, 0.4) is 0 Å². The maximum atomic E-state index is 12.6. The minimum Gasteiger partial charge on any atom is -0.383 e. The monoisotopic (exact) mass is 362 g/mol. The highest BCUT2D eigenvalue weighted by Crippen LogP contribution is 2.41. The van der Waals surface area contributed by atoms with Gasteiger partial charge >= 0.3 is 0 Å². The normalized spacial score (nSPS) is 10.7. The molecule has 1 aromatic heterocycles. The van der Waals surface area contributed by atoms with Gasteiger partial charge in [0, 0.05) is 37.0 Å². The number of thioether (sulfide) groups is 1. The minimum atomic E-state index is -0.106. The van der Waals surface area contributed by atoms with E-state index in [1.807, 2.05) is 32.5 Å². The first kappa shape index (κ1) is 17.6. The number of halogens is 1. The zero-order valence-electron chi connectivity index (χ0n) is 13.0. The van der Waals surface area contributed by atoms with E-state index in [0.717, 1.165) is 9.77 Å². The fourth-order valence-electron chi connectivity index (χ4n) is 2.01. The number of thiophene rings is 1. The van der Waals surface area contributed by atoms with Crippen LogP contribution in [0.25, 0.3) is 11.1 Å². The largest absolute Gasteiger partial charge is 0.383 e. The van der Waals surface area contributed by atoms with E-state index in [4.69, 9.17) is 11.6 Å². The second-order valence-corrected chi connectivity index (χ2v) is 7.47. The van der Waals surface area contributed by atoms with Crippen LogP contribution < -0.4 is 0 Å². The van der Waals surface area contributed by atoms with Crippen molar-refractivity contribution in [2.24, 2.45) is 0 Å². The van der Waals surface area contributed by atoms with E-state index < -0.39 is 0 Å². The molecule has 1 heterocycles. The Kier molecular flexibility index (Phi) is 5.89. The molecule has 1 aromatic carbocycles. The Morgan fingerprint density at radius 3 is 2.52 bits per heavy atom. The summed E-state index contributed by atoms with van der Waals surface area (Å²) >= 11 is 8.78. The van der Waals surface area contributed by atoms with Crippen molar-refractivity contribution in [1.29, 1.82) is 5.26 Å². The average molecular weight is 363 g/mol. The summed E-state index contributed by atoms with van der Waals surface area (Å²) in [7, 11) is 3.71. The van der Waals surface area contributed by atoms with Crippen LogP contribution in [0.1, 0.15) is 15.2 Å². The predicted molar refractivity (Wildman–Crippen MR) is 98.4 cm³/mol. The number of hydrogen-bond acceptors (Lipinski definition) is 5. The van der Waals surface area contributed by atoms with Crippen molar-refractivity contribution >= 4 is 40.5 Å². The molecule has 0 amide bonds. The lowest BCUT2D eigenvalue weighted by Crippen LogP contribution is -2.03. The summed E-state index contributed by atoms with van der Waals surface area (Å²) in [6.07, 6.45) is 5.14. The Morgan fingerprint density at radius 2 is 2.00 bits per heavy atom. The maximum absolute atomic E-state index is 12.6. The molecule has 0 unspecified atom stereocenters. The fourth-order valence-corrected chi connectivity index (χ4v) is 4.00. The predicted octanol–water partition coefficient (Wildman–Crippen LogP) is 4.92. The van der Waals surface area contributed by atoms with E-state index in [9.17, 15) is 10.1 Å². The van der Waals surface area contributed by atoms with Crippen molar-refractivity contribution in [2.45, 2.75) is 4.21 Å². The molecule has 0 aliphatic carbocycles. The van der Waals surface area contributed by atoms with Gasteiger partial charge in [0.05, 0.1) is 14.6 Å². The molecule has 0 fully saturated rings. The number of nitriles is 1. The summed E-state index contributed by atoms with van der Waals surface area (Å²) in [5.74, 6) is -0.106. The number of carbonyl (C=O) groups excluding carboxylic acids is 1. The van der Waals surface area contributed by atoms with Gasteiger partial charge in [0.1, 0.15) is 6.07 Å². The van der Waals surface area contributed by atoms with Crippen molar-refractivity contribution in [1.82, 2.24) is 4.90 Å². The highest BCUT2D eigenvalue weighted by molar-refractivity contribution is 8.00. The third-order valence-corrected chi connectivity index (χ3v) is 5.63. The van der Waals surface area contributed by atoms with Gasteiger partial charge in [0.25, 0.3) is 0 Å². The molecule has 2 aromatic rings. The van der Waals surface area contributed by atoms with E-state index >= 15 is 0 Å². The van der Waals surface area contributed by atoms with Gasteiger partial charge in [0.15, 0.2) is 5.78 Å². The Balaban J connectivity index is 2.62. The Bertz CT molecular complexity index is 786. The lowest BCUT2D eigenvalue weighted by molar-refractivity contribution is 0.104. The minimum absolute atomic E-state index is 0.106. The average Bonchev–Trinajstić information content (AvgIpc) is 2.91. The number of allylic oxidation sites excluding steroid dienone is 1. The quantitative estimate of drug-likeness (QED) is 0.430. The summed E-state index contributed by atoms with van der Waals surface area (Å²) in [5.41, 5.74) is 2.06. The number of carbonyl (C=O) groups is 1. The molecule has 23 heavy (non-hydrogen) atoms. The summed E-state index contributed by atoms with van der Waals surface area (Å²) in [4.78, 5) is 14.9. The lowest BCUT2D eigenvalue weighted by atomic mass is 10.0. The van der Waals surface area contributed by atoms with E-state index in [2.05, 4.69) is 6.07 Å². The number of hydrogen-bond donors (Lipinski definition) is 0. The van der Waals surface area contributed by atoms with Crippen LogP contribution in [0.15, 0.2) is 40.8 Å². The number of rotatable bonds is 5. The van der Waals surface area contributed by atoms with Gasteiger partial charge in [-0.05, 0) is 24.0 Å². The van der Waals surface area contributed by atoms with Crippen molar-refractivity contribution in [3.63, 3.8) is 0 Å². The van der Waals surface area contributed by atoms with Gasteiger partial charge < -0.3 is 4.90 Å². The molecule has 0 saturated heterocycles. The third kappa shape index (κ3) is 3.97. The molecule has 2 rings (SSSR count). The van der Waals surface area contributed by atoms with Gasteiger partial charge in [-0.25, -0.2) is 0 Å². The van der Waals surface area contributed by atoms with Crippen molar-refractivity contribution in [2.75, 3.05) is 20.4 Å². The summed E-state index contributed by atoms with van der Waals surface area (Å²) in [5, 5.41) is 10.2. The van der Waals surface area contributed by atoms with E-state index in [0.29, 0.717) is 21.0 Å². The number of ketones is 1. The Morgan fingerprint density at radius 1 is 1.35 bits per heavy atom. The highest BCUT2D eigenvalue weighted by atomic mass is 35.5. The van der Waals surface area contributed by atoms with Crippen LogP contribution in [-0.4, -0.2) is 31.0 Å². The Labute approximate surface area is 149 Å². The van der Waals surface area contributed by atoms with Gasteiger partial charge in [-0.15, -0.1) is 23.1 Å². The SMILES string of the molecule is CSc1sc(C(=O)C=CN(C)C)c(-c2ccc(Cl)cc2)c1C#N. The van der Waals surface area contributed by atoms with Gasteiger partial charge in [0.2, 0.25) is 0 Å². The van der Waals surface area contributed by atoms with E-state index in [1.165, 1.54) is 29.2 Å². The molecule has 0 saturated carbocycles. The third-order valence-electron chi connectivity index (χ3n) is 3.05. The molecule has 0 aliphatic heterocycles. The molecular weight excluding hydrogens is 348 g/mol. The molecule has 0 bridgehead atoms. The topological polar surface area (TPSA) is 44.1 Å². The Hall–Kier alpha value is -1.74. The first-order valence-corrected chi connectivity index (χ1v) is 9.15. The molecule has 0 atom stereocenters. The molecule has 118 valence electrons. The zero-order valence-corrected chi connectivity index (χ0v) is 15.4. The summed E-state index contributed by atoms with van der Waals surface area (Å²) in [6.45, 7) is 0. The molecule has 0 radical (unpaired) electrons.